The maximum atomic E-state index is 11.0. The van der Waals surface area contributed by atoms with Crippen LogP contribution in [-0.2, 0) is 17.3 Å². The van der Waals surface area contributed by atoms with Gasteiger partial charge in [0.25, 0.3) is 0 Å². The number of anilines is 1. The van der Waals surface area contributed by atoms with Crippen molar-refractivity contribution in [3.63, 3.8) is 0 Å². The highest BCUT2D eigenvalue weighted by Crippen LogP contribution is 2.16. The minimum absolute atomic E-state index is 0.472. The number of imidazole rings is 1. The fourth-order valence-electron chi connectivity index (χ4n) is 1.78. The molecule has 0 saturated heterocycles. The normalized spacial score (nSPS) is 13.1. The second kappa shape index (κ2) is 4.83. The number of nitrogens with two attached hydrogens (primary N) is 1. The molecule has 0 spiro atoms. The SMILES string of the molecule is Cc1cnc2c(c1)nc(N)n2CCCS(C)=O. The van der Waals surface area contributed by atoms with E-state index in [1.807, 2.05) is 17.6 Å². The molecule has 2 aromatic rings. The first-order valence-electron chi connectivity index (χ1n) is 5.46. The molecule has 17 heavy (non-hydrogen) atoms. The van der Waals surface area contributed by atoms with E-state index in [9.17, 15) is 4.21 Å². The Labute approximate surface area is 103 Å². The lowest BCUT2D eigenvalue weighted by Crippen LogP contribution is -2.07. The van der Waals surface area contributed by atoms with Gasteiger partial charge in [-0.15, -0.1) is 0 Å². The monoisotopic (exact) mass is 252 g/mol. The van der Waals surface area contributed by atoms with Crippen LogP contribution in [0.1, 0.15) is 12.0 Å². The highest BCUT2D eigenvalue weighted by Gasteiger charge is 2.09. The Balaban J connectivity index is 2.27. The third-order valence-electron chi connectivity index (χ3n) is 2.56. The first kappa shape index (κ1) is 12.0. The quantitative estimate of drug-likeness (QED) is 0.884. The Bertz CT molecular complexity index is 564. The Morgan fingerprint density at radius 1 is 1.53 bits per heavy atom. The second-order valence-electron chi connectivity index (χ2n) is 4.11. The molecule has 0 fully saturated rings. The van der Waals surface area contributed by atoms with E-state index in [-0.39, 0.29) is 0 Å². The highest BCUT2D eigenvalue weighted by atomic mass is 32.2. The smallest absolute Gasteiger partial charge is 0.202 e. The second-order valence-corrected chi connectivity index (χ2v) is 5.66. The van der Waals surface area contributed by atoms with Crippen LogP contribution in [-0.4, -0.2) is 30.8 Å². The third kappa shape index (κ3) is 2.63. The van der Waals surface area contributed by atoms with E-state index in [1.165, 1.54) is 0 Å². The van der Waals surface area contributed by atoms with Crippen LogP contribution in [0.25, 0.3) is 11.2 Å². The maximum Gasteiger partial charge on any atom is 0.202 e. The number of aromatic nitrogens is 3. The Kier molecular flexibility index (Phi) is 3.42. The van der Waals surface area contributed by atoms with Crippen LogP contribution >= 0.6 is 0 Å². The minimum Gasteiger partial charge on any atom is -0.369 e. The fourth-order valence-corrected chi connectivity index (χ4v) is 2.31. The van der Waals surface area contributed by atoms with Crippen molar-refractivity contribution in [3.05, 3.63) is 17.8 Å². The van der Waals surface area contributed by atoms with Crippen LogP contribution in [0.5, 0.6) is 0 Å². The summed E-state index contributed by atoms with van der Waals surface area (Å²) < 4.78 is 12.9. The zero-order valence-electron chi connectivity index (χ0n) is 10.0. The van der Waals surface area contributed by atoms with Gasteiger partial charge in [-0.05, 0) is 25.0 Å². The van der Waals surface area contributed by atoms with Gasteiger partial charge in [-0.2, -0.15) is 0 Å². The molecule has 1 unspecified atom stereocenters. The summed E-state index contributed by atoms with van der Waals surface area (Å²) >= 11 is 0. The minimum atomic E-state index is -0.766. The van der Waals surface area contributed by atoms with E-state index >= 15 is 0 Å². The van der Waals surface area contributed by atoms with Gasteiger partial charge in [-0.1, -0.05) is 0 Å². The molecule has 0 aliphatic heterocycles. The zero-order valence-corrected chi connectivity index (χ0v) is 10.8. The van der Waals surface area contributed by atoms with Gasteiger partial charge >= 0.3 is 0 Å². The topological polar surface area (TPSA) is 73.8 Å². The molecule has 0 aliphatic carbocycles. The molecule has 0 saturated carbocycles. The van der Waals surface area contributed by atoms with E-state index in [0.29, 0.717) is 18.2 Å². The van der Waals surface area contributed by atoms with Gasteiger partial charge in [0, 0.05) is 35.5 Å². The van der Waals surface area contributed by atoms with Gasteiger partial charge in [0.05, 0.1) is 0 Å². The lowest BCUT2D eigenvalue weighted by molar-refractivity contribution is 0.669. The van der Waals surface area contributed by atoms with Gasteiger partial charge in [0.2, 0.25) is 5.95 Å². The van der Waals surface area contributed by atoms with Gasteiger partial charge < -0.3 is 5.73 Å². The van der Waals surface area contributed by atoms with Crippen LogP contribution in [0.15, 0.2) is 12.3 Å². The van der Waals surface area contributed by atoms with E-state index in [4.69, 9.17) is 5.73 Å². The van der Waals surface area contributed by atoms with Gasteiger partial charge in [-0.3, -0.25) is 8.78 Å². The summed E-state index contributed by atoms with van der Waals surface area (Å²) in [5.41, 5.74) is 8.54. The van der Waals surface area contributed by atoms with Crippen LogP contribution in [0.4, 0.5) is 5.95 Å². The molecule has 2 rings (SSSR count). The number of fused-ring (bicyclic) bond motifs is 1. The number of nitrogen functional groups attached to an aromatic ring is 1. The number of aryl methyl sites for hydroxylation is 2. The number of pyridine rings is 1. The fraction of sp³-hybridized carbons (Fsp3) is 0.455. The molecule has 0 aliphatic rings. The van der Waals surface area contributed by atoms with Crippen molar-refractivity contribution in [3.8, 4) is 0 Å². The van der Waals surface area contributed by atoms with Crippen molar-refractivity contribution in [1.29, 1.82) is 0 Å². The van der Waals surface area contributed by atoms with Crippen LogP contribution < -0.4 is 5.73 Å². The Morgan fingerprint density at radius 2 is 2.29 bits per heavy atom. The number of rotatable bonds is 4. The van der Waals surface area contributed by atoms with Crippen LogP contribution in [0, 0.1) is 6.92 Å². The first-order chi connectivity index (χ1) is 8.08. The summed E-state index contributed by atoms with van der Waals surface area (Å²) in [6, 6.07) is 1.97. The molecule has 5 nitrogen and oxygen atoms in total. The van der Waals surface area contributed by atoms with Crippen molar-refractivity contribution in [2.24, 2.45) is 0 Å². The van der Waals surface area contributed by atoms with E-state index in [2.05, 4.69) is 9.97 Å². The number of hydrogen-bond acceptors (Lipinski definition) is 4. The number of hydrogen-bond donors (Lipinski definition) is 1. The molecule has 0 radical (unpaired) electrons. The van der Waals surface area contributed by atoms with Gasteiger partial charge in [0.1, 0.15) is 5.52 Å². The largest absolute Gasteiger partial charge is 0.369 e. The lowest BCUT2D eigenvalue weighted by Gasteiger charge is -2.04. The molecule has 0 amide bonds. The predicted molar refractivity (Wildman–Crippen MR) is 70.2 cm³/mol. The van der Waals surface area contributed by atoms with Crippen LogP contribution in [0.3, 0.4) is 0 Å². The molecule has 2 aromatic heterocycles. The third-order valence-corrected chi connectivity index (χ3v) is 3.43. The van der Waals surface area contributed by atoms with E-state index < -0.39 is 10.8 Å². The standard InChI is InChI=1S/C11H16N4OS/c1-8-6-9-10(13-7-8)15(11(12)14-9)4-3-5-17(2)16/h6-7H,3-5H2,1-2H3,(H2,12,14). The predicted octanol–water partition coefficient (Wildman–Crippen LogP) is 1.09. The average Bonchev–Trinajstić information content (AvgIpc) is 2.54. The van der Waals surface area contributed by atoms with Gasteiger partial charge in [-0.25, -0.2) is 9.97 Å². The zero-order chi connectivity index (χ0) is 12.4. The average molecular weight is 252 g/mol. The Hall–Kier alpha value is -1.43. The Morgan fingerprint density at radius 3 is 3.00 bits per heavy atom. The molecule has 2 heterocycles. The summed E-state index contributed by atoms with van der Waals surface area (Å²) in [6.07, 6.45) is 4.32. The van der Waals surface area contributed by atoms with Gasteiger partial charge in [0.15, 0.2) is 5.65 Å². The van der Waals surface area contributed by atoms with E-state index in [0.717, 1.165) is 23.1 Å². The molecule has 1 atom stereocenters. The molecular weight excluding hydrogens is 236 g/mol. The maximum absolute atomic E-state index is 11.0. The summed E-state index contributed by atoms with van der Waals surface area (Å²) in [5, 5.41) is 0. The summed E-state index contributed by atoms with van der Waals surface area (Å²) in [4.78, 5) is 8.62. The van der Waals surface area contributed by atoms with Crippen LogP contribution in [0.2, 0.25) is 0 Å². The molecule has 0 bridgehead atoms. The molecule has 0 aromatic carbocycles. The van der Waals surface area contributed by atoms with Crippen molar-refractivity contribution in [2.75, 3.05) is 17.7 Å². The first-order valence-corrected chi connectivity index (χ1v) is 7.19. The summed E-state index contributed by atoms with van der Waals surface area (Å²) in [6.45, 7) is 2.68. The van der Waals surface area contributed by atoms with Crippen molar-refractivity contribution < 1.29 is 4.21 Å². The molecular formula is C11H16N4OS. The molecule has 6 heteroatoms. The lowest BCUT2D eigenvalue weighted by atomic mass is 10.3. The number of nitrogens with zero attached hydrogens (tertiary/aromatic N) is 3. The van der Waals surface area contributed by atoms with Crippen molar-refractivity contribution in [1.82, 2.24) is 14.5 Å². The molecule has 92 valence electrons. The summed E-state index contributed by atoms with van der Waals surface area (Å²) in [5.74, 6) is 1.14. The molecule has 2 N–H and O–H groups in total. The van der Waals surface area contributed by atoms with E-state index in [1.54, 1.807) is 12.5 Å². The highest BCUT2D eigenvalue weighted by molar-refractivity contribution is 7.84. The van der Waals surface area contributed by atoms with Crippen molar-refractivity contribution in [2.45, 2.75) is 19.9 Å². The van der Waals surface area contributed by atoms with Crippen molar-refractivity contribution >= 4 is 27.9 Å². The summed E-state index contributed by atoms with van der Waals surface area (Å²) in [7, 11) is -0.766.